The molecule has 0 spiro atoms. The number of ether oxygens (including phenoxy) is 2. The summed E-state index contributed by atoms with van der Waals surface area (Å²) in [7, 11) is 0. The van der Waals surface area contributed by atoms with Crippen LogP contribution in [-0.4, -0.2) is 55.0 Å². The summed E-state index contributed by atoms with van der Waals surface area (Å²) in [6, 6.07) is 0.149. The molecule has 20 heavy (non-hydrogen) atoms. The van der Waals surface area contributed by atoms with Crippen LogP contribution in [0.2, 0.25) is 0 Å². The van der Waals surface area contributed by atoms with Crippen LogP contribution in [0.4, 0.5) is 4.79 Å². The Hall–Kier alpha value is -0.810. The summed E-state index contributed by atoms with van der Waals surface area (Å²) < 4.78 is 11.5. The second-order valence-corrected chi connectivity index (χ2v) is 6.09. The van der Waals surface area contributed by atoms with Crippen LogP contribution >= 0.6 is 0 Å². The number of carbonyl (C=O) groups is 1. The number of carbonyl (C=O) groups excluding carboxylic acids is 1. The summed E-state index contributed by atoms with van der Waals surface area (Å²) in [6.45, 7) is 9.05. The molecule has 116 valence electrons. The fraction of sp³-hybridized carbons (Fsp3) is 0.933. The number of nitrogens with zero attached hydrogens (tertiary/aromatic N) is 1. The molecule has 0 bridgehead atoms. The van der Waals surface area contributed by atoms with Gasteiger partial charge < -0.3 is 19.7 Å². The topological polar surface area (TPSA) is 50.8 Å². The Kier molecular flexibility index (Phi) is 5.27. The smallest absolute Gasteiger partial charge is 0.317 e. The molecule has 3 atom stereocenters. The highest BCUT2D eigenvalue weighted by molar-refractivity contribution is 5.74. The molecule has 2 aliphatic heterocycles. The molecule has 2 aliphatic rings. The van der Waals surface area contributed by atoms with Gasteiger partial charge in [0.1, 0.15) is 0 Å². The molecular weight excluding hydrogens is 256 g/mol. The lowest BCUT2D eigenvalue weighted by molar-refractivity contribution is -0.0877. The van der Waals surface area contributed by atoms with Gasteiger partial charge in [0.15, 0.2) is 0 Å². The van der Waals surface area contributed by atoms with Crippen molar-refractivity contribution in [2.75, 3.05) is 26.3 Å². The van der Waals surface area contributed by atoms with E-state index in [1.165, 1.54) is 0 Å². The van der Waals surface area contributed by atoms with Gasteiger partial charge in [0.25, 0.3) is 0 Å². The lowest BCUT2D eigenvalue weighted by Crippen LogP contribution is -2.57. The third-order valence-electron chi connectivity index (χ3n) is 4.53. The van der Waals surface area contributed by atoms with Crippen molar-refractivity contribution in [1.29, 1.82) is 0 Å². The summed E-state index contributed by atoms with van der Waals surface area (Å²) in [5.41, 5.74) is -0.207. The van der Waals surface area contributed by atoms with E-state index in [-0.39, 0.29) is 23.8 Å². The number of urea groups is 1. The maximum atomic E-state index is 12.4. The molecule has 0 aliphatic carbocycles. The van der Waals surface area contributed by atoms with Gasteiger partial charge in [-0.3, -0.25) is 0 Å². The Morgan fingerprint density at radius 1 is 1.45 bits per heavy atom. The molecule has 0 aromatic heterocycles. The van der Waals surface area contributed by atoms with Crippen molar-refractivity contribution in [2.24, 2.45) is 0 Å². The highest BCUT2D eigenvalue weighted by atomic mass is 16.5. The molecule has 0 unspecified atom stereocenters. The zero-order valence-electron chi connectivity index (χ0n) is 13.0. The van der Waals surface area contributed by atoms with Crippen molar-refractivity contribution in [2.45, 2.75) is 64.2 Å². The summed E-state index contributed by atoms with van der Waals surface area (Å²) in [5.74, 6) is 0. The molecule has 0 saturated carbocycles. The van der Waals surface area contributed by atoms with Gasteiger partial charge >= 0.3 is 6.03 Å². The van der Waals surface area contributed by atoms with Crippen molar-refractivity contribution < 1.29 is 14.3 Å². The van der Waals surface area contributed by atoms with Gasteiger partial charge in [-0.15, -0.1) is 0 Å². The summed E-state index contributed by atoms with van der Waals surface area (Å²) >= 11 is 0. The predicted molar refractivity (Wildman–Crippen MR) is 77.8 cm³/mol. The molecule has 2 saturated heterocycles. The van der Waals surface area contributed by atoms with Crippen molar-refractivity contribution >= 4 is 6.03 Å². The van der Waals surface area contributed by atoms with Crippen molar-refractivity contribution in [3.8, 4) is 0 Å². The fourth-order valence-electron chi connectivity index (χ4n) is 2.95. The SMILES string of the molecule is CC[C@@H](NC(=O)N1CCO[C@@](C)(CC)C1)[C@@H]1CCCO1. The first kappa shape index (κ1) is 15.6. The first-order valence-corrected chi connectivity index (χ1v) is 7.89. The number of hydrogen-bond donors (Lipinski definition) is 1. The highest BCUT2D eigenvalue weighted by Gasteiger charge is 2.34. The predicted octanol–water partition coefficient (Wildman–Crippen LogP) is 2.15. The second-order valence-electron chi connectivity index (χ2n) is 6.09. The van der Waals surface area contributed by atoms with E-state index < -0.39 is 0 Å². The Morgan fingerprint density at radius 2 is 2.25 bits per heavy atom. The van der Waals surface area contributed by atoms with E-state index in [9.17, 15) is 4.79 Å². The molecular formula is C15H28N2O3. The monoisotopic (exact) mass is 284 g/mol. The van der Waals surface area contributed by atoms with Crippen LogP contribution < -0.4 is 5.32 Å². The molecule has 5 nitrogen and oxygen atoms in total. The molecule has 0 aromatic carbocycles. The van der Waals surface area contributed by atoms with Crippen LogP contribution in [0.15, 0.2) is 0 Å². The maximum Gasteiger partial charge on any atom is 0.317 e. The average molecular weight is 284 g/mol. The maximum absolute atomic E-state index is 12.4. The van der Waals surface area contributed by atoms with Gasteiger partial charge in [0, 0.05) is 13.2 Å². The second kappa shape index (κ2) is 6.76. The molecule has 2 fully saturated rings. The Morgan fingerprint density at radius 3 is 2.85 bits per heavy atom. The van der Waals surface area contributed by atoms with Crippen molar-refractivity contribution in [1.82, 2.24) is 10.2 Å². The first-order chi connectivity index (χ1) is 9.58. The molecule has 2 heterocycles. The molecule has 0 radical (unpaired) electrons. The highest BCUT2D eigenvalue weighted by Crippen LogP contribution is 2.22. The van der Waals surface area contributed by atoms with E-state index in [0.29, 0.717) is 19.7 Å². The van der Waals surface area contributed by atoms with Crippen LogP contribution in [0.5, 0.6) is 0 Å². The van der Waals surface area contributed by atoms with Crippen LogP contribution in [-0.2, 0) is 9.47 Å². The van der Waals surface area contributed by atoms with Crippen LogP contribution in [0.25, 0.3) is 0 Å². The van der Waals surface area contributed by atoms with E-state index in [1.807, 2.05) is 4.90 Å². The van der Waals surface area contributed by atoms with Gasteiger partial charge in [-0.25, -0.2) is 4.79 Å². The number of amides is 2. The number of rotatable bonds is 4. The first-order valence-electron chi connectivity index (χ1n) is 7.89. The fourth-order valence-corrected chi connectivity index (χ4v) is 2.95. The van der Waals surface area contributed by atoms with Gasteiger partial charge in [-0.05, 0) is 32.6 Å². The third-order valence-corrected chi connectivity index (χ3v) is 4.53. The average Bonchev–Trinajstić information content (AvgIpc) is 2.98. The van der Waals surface area contributed by atoms with Crippen molar-refractivity contribution in [3.05, 3.63) is 0 Å². The zero-order chi connectivity index (χ0) is 14.6. The van der Waals surface area contributed by atoms with Gasteiger partial charge in [-0.1, -0.05) is 13.8 Å². The van der Waals surface area contributed by atoms with E-state index in [1.54, 1.807) is 0 Å². The number of morpholine rings is 1. The minimum Gasteiger partial charge on any atom is -0.376 e. The van der Waals surface area contributed by atoms with Crippen molar-refractivity contribution in [3.63, 3.8) is 0 Å². The van der Waals surface area contributed by atoms with Crippen LogP contribution in [0.1, 0.15) is 46.5 Å². The van der Waals surface area contributed by atoms with Gasteiger partial charge in [-0.2, -0.15) is 0 Å². The van der Waals surface area contributed by atoms with Crippen LogP contribution in [0.3, 0.4) is 0 Å². The van der Waals surface area contributed by atoms with E-state index in [0.717, 1.165) is 32.3 Å². The summed E-state index contributed by atoms with van der Waals surface area (Å²) in [6.07, 6.45) is 4.16. The quantitative estimate of drug-likeness (QED) is 0.860. The van der Waals surface area contributed by atoms with E-state index in [4.69, 9.17) is 9.47 Å². The molecule has 2 amide bonds. The largest absolute Gasteiger partial charge is 0.376 e. The Bertz CT molecular complexity index is 331. The molecule has 0 aromatic rings. The third kappa shape index (κ3) is 3.64. The lowest BCUT2D eigenvalue weighted by atomic mass is 10.0. The number of nitrogens with one attached hydrogen (secondary N) is 1. The normalized spacial score (nSPS) is 32.1. The minimum absolute atomic E-state index is 0.0234. The molecule has 1 N–H and O–H groups in total. The summed E-state index contributed by atoms with van der Waals surface area (Å²) in [4.78, 5) is 14.3. The zero-order valence-corrected chi connectivity index (χ0v) is 13.0. The molecule has 2 rings (SSSR count). The van der Waals surface area contributed by atoms with Crippen LogP contribution in [0, 0.1) is 0 Å². The molecule has 5 heteroatoms. The van der Waals surface area contributed by atoms with Gasteiger partial charge in [0.2, 0.25) is 0 Å². The van der Waals surface area contributed by atoms with E-state index >= 15 is 0 Å². The van der Waals surface area contributed by atoms with Gasteiger partial charge in [0.05, 0.1) is 30.9 Å². The Labute approximate surface area is 122 Å². The standard InChI is InChI=1S/C15H28N2O3/c1-4-12(13-7-6-9-19-13)16-14(18)17-8-10-20-15(3,5-2)11-17/h12-13H,4-11H2,1-3H3,(H,16,18)/t12-,13+,15+/m1/s1. The number of hydrogen-bond acceptors (Lipinski definition) is 3. The van der Waals surface area contributed by atoms with E-state index in [2.05, 4.69) is 26.1 Å². The summed E-state index contributed by atoms with van der Waals surface area (Å²) in [5, 5.41) is 3.15. The minimum atomic E-state index is -0.207. The lowest BCUT2D eigenvalue weighted by Gasteiger charge is -2.40. The Balaban J connectivity index is 1.89.